The van der Waals surface area contributed by atoms with Gasteiger partial charge in [-0.1, -0.05) is 0 Å². The highest BCUT2D eigenvalue weighted by atomic mass is 16.5. The van der Waals surface area contributed by atoms with E-state index in [4.69, 9.17) is 20.9 Å². The summed E-state index contributed by atoms with van der Waals surface area (Å²) in [6.07, 6.45) is 5.90. The maximum atomic E-state index is 11.9. The Morgan fingerprint density at radius 1 is 0.900 bits per heavy atom. The van der Waals surface area contributed by atoms with Crippen molar-refractivity contribution in [2.24, 2.45) is 22.3 Å². The van der Waals surface area contributed by atoms with E-state index in [-0.39, 0.29) is 28.8 Å². The first kappa shape index (κ1) is 23.2. The second kappa shape index (κ2) is 8.20. The number of hydrogen-bond donors (Lipinski definition) is 3. The molecule has 6 rings (SSSR count). The molecule has 30 heavy (non-hydrogen) atoms. The van der Waals surface area contributed by atoms with Crippen molar-refractivity contribution in [1.82, 2.24) is 0 Å². The van der Waals surface area contributed by atoms with E-state index in [2.05, 4.69) is 0 Å². The molecule has 6 aliphatic carbocycles. The Balaban J connectivity index is 0.000000171. The van der Waals surface area contributed by atoms with Crippen LogP contribution in [0.25, 0.3) is 0 Å². The van der Waals surface area contributed by atoms with E-state index in [0.29, 0.717) is 51.7 Å². The van der Waals surface area contributed by atoms with Crippen LogP contribution >= 0.6 is 0 Å². The SMILES string of the molecule is CCOC(=O)C12CCC(N)(CC1)CC2=O.CCOC(=O)C12CCC(N)(CC1)CC2O. The lowest BCUT2D eigenvalue weighted by Crippen LogP contribution is -2.61. The summed E-state index contributed by atoms with van der Waals surface area (Å²) in [5.41, 5.74) is 10.1. The Morgan fingerprint density at radius 2 is 1.40 bits per heavy atom. The zero-order valence-corrected chi connectivity index (χ0v) is 18.2. The van der Waals surface area contributed by atoms with Crippen molar-refractivity contribution in [2.45, 2.75) is 95.2 Å². The van der Waals surface area contributed by atoms with E-state index in [1.165, 1.54) is 0 Å². The van der Waals surface area contributed by atoms with E-state index in [0.717, 1.165) is 25.7 Å². The molecule has 0 aromatic heterocycles. The van der Waals surface area contributed by atoms with Gasteiger partial charge in [-0.3, -0.25) is 14.4 Å². The average molecular weight is 425 g/mol. The number of Topliss-reactive ketones (excluding diaryl/α,β-unsaturated/α-hetero) is 1. The molecule has 0 amide bonds. The molecule has 0 saturated heterocycles. The predicted octanol–water partition coefficient (Wildman–Crippen LogP) is 1.35. The first-order chi connectivity index (χ1) is 14.0. The molecule has 1 unspecified atom stereocenters. The largest absolute Gasteiger partial charge is 0.465 e. The molecule has 8 heteroatoms. The van der Waals surface area contributed by atoms with E-state index in [1.807, 2.05) is 0 Å². The Morgan fingerprint density at radius 3 is 1.87 bits per heavy atom. The molecule has 0 aliphatic heterocycles. The van der Waals surface area contributed by atoms with Crippen LogP contribution in [0, 0.1) is 10.8 Å². The van der Waals surface area contributed by atoms with Crippen LogP contribution in [0.2, 0.25) is 0 Å². The zero-order chi connectivity index (χ0) is 22.2. The fraction of sp³-hybridized carbons (Fsp3) is 0.864. The highest BCUT2D eigenvalue weighted by Gasteiger charge is 2.58. The standard InChI is InChI=1S/C11H19NO3.C11H17NO3/c2*1-2-15-9(14)11-5-3-10(12,4-6-11)7-8(11)13/h8,13H,2-7,12H2,1H3;2-7,12H2,1H3. The minimum atomic E-state index is -0.850. The van der Waals surface area contributed by atoms with Gasteiger partial charge < -0.3 is 26.0 Å². The van der Waals surface area contributed by atoms with Gasteiger partial charge in [0.15, 0.2) is 5.78 Å². The van der Waals surface area contributed by atoms with E-state index >= 15 is 0 Å². The van der Waals surface area contributed by atoms with Gasteiger partial charge in [-0.2, -0.15) is 0 Å². The van der Waals surface area contributed by atoms with Gasteiger partial charge in [0.05, 0.1) is 24.7 Å². The van der Waals surface area contributed by atoms with Crippen molar-refractivity contribution in [2.75, 3.05) is 13.2 Å². The monoisotopic (exact) mass is 424 g/mol. The van der Waals surface area contributed by atoms with Crippen molar-refractivity contribution in [3.05, 3.63) is 0 Å². The molecule has 5 N–H and O–H groups in total. The third-order valence-electron chi connectivity index (χ3n) is 7.87. The molecule has 6 saturated carbocycles. The Labute approximate surface area is 178 Å². The molecular weight excluding hydrogens is 388 g/mol. The lowest BCUT2D eigenvalue weighted by Gasteiger charge is -2.52. The lowest BCUT2D eigenvalue weighted by atomic mass is 9.56. The number of ketones is 1. The quantitative estimate of drug-likeness (QED) is 0.453. The zero-order valence-electron chi connectivity index (χ0n) is 18.2. The summed E-state index contributed by atoms with van der Waals surface area (Å²) in [6, 6.07) is 0. The van der Waals surface area contributed by atoms with Crippen LogP contribution in [0.4, 0.5) is 0 Å². The minimum absolute atomic E-state index is 0.0130. The highest BCUT2D eigenvalue weighted by molar-refractivity contribution is 6.05. The molecular formula is C22H36N2O6. The second-order valence-electron chi connectivity index (χ2n) is 9.72. The van der Waals surface area contributed by atoms with Gasteiger partial charge in [0.25, 0.3) is 0 Å². The third kappa shape index (κ3) is 3.89. The number of aliphatic hydroxyl groups is 1. The molecule has 0 aromatic carbocycles. The minimum Gasteiger partial charge on any atom is -0.465 e. The van der Waals surface area contributed by atoms with Gasteiger partial charge in [-0.05, 0) is 71.6 Å². The molecule has 4 bridgehead atoms. The molecule has 170 valence electrons. The van der Waals surface area contributed by atoms with Crippen molar-refractivity contribution in [3.63, 3.8) is 0 Å². The predicted molar refractivity (Wildman–Crippen MR) is 109 cm³/mol. The van der Waals surface area contributed by atoms with Gasteiger partial charge in [-0.15, -0.1) is 0 Å². The van der Waals surface area contributed by atoms with Gasteiger partial charge in [-0.25, -0.2) is 0 Å². The summed E-state index contributed by atoms with van der Waals surface area (Å²) >= 11 is 0. The molecule has 6 fully saturated rings. The Hall–Kier alpha value is -1.51. The summed E-state index contributed by atoms with van der Waals surface area (Å²) in [4.78, 5) is 35.6. The number of ether oxygens (including phenoxy) is 2. The van der Waals surface area contributed by atoms with E-state index in [9.17, 15) is 19.5 Å². The number of nitrogens with two attached hydrogens (primary N) is 2. The molecule has 6 aliphatic rings. The number of carbonyl (C=O) groups is 3. The van der Waals surface area contributed by atoms with Gasteiger partial charge in [0, 0.05) is 17.5 Å². The molecule has 0 aromatic rings. The molecule has 0 heterocycles. The van der Waals surface area contributed by atoms with Gasteiger partial charge in [0.2, 0.25) is 0 Å². The van der Waals surface area contributed by atoms with Crippen LogP contribution in [0.3, 0.4) is 0 Å². The summed E-state index contributed by atoms with van der Waals surface area (Å²) in [6.45, 7) is 4.26. The third-order valence-corrected chi connectivity index (χ3v) is 7.87. The van der Waals surface area contributed by atoms with Crippen molar-refractivity contribution >= 4 is 17.7 Å². The molecule has 1 atom stereocenters. The Bertz CT molecular complexity index is 680. The normalized spacial score (nSPS) is 41.6. The number of fused-ring (bicyclic) bond motifs is 6. The maximum absolute atomic E-state index is 11.9. The number of aliphatic hydroxyl groups excluding tert-OH is 1. The summed E-state index contributed by atoms with van der Waals surface area (Å²) in [5, 5.41) is 10.0. The molecule has 0 spiro atoms. The van der Waals surface area contributed by atoms with Crippen molar-refractivity contribution in [1.29, 1.82) is 0 Å². The summed E-state index contributed by atoms with van der Waals surface area (Å²) in [7, 11) is 0. The topological polar surface area (TPSA) is 142 Å². The second-order valence-corrected chi connectivity index (χ2v) is 9.72. The first-order valence-corrected chi connectivity index (χ1v) is 11.2. The van der Waals surface area contributed by atoms with E-state index in [1.54, 1.807) is 13.8 Å². The fourth-order valence-corrected chi connectivity index (χ4v) is 5.63. The van der Waals surface area contributed by atoms with Gasteiger partial charge in [0.1, 0.15) is 5.41 Å². The summed E-state index contributed by atoms with van der Waals surface area (Å²) < 4.78 is 10.1. The number of carbonyl (C=O) groups excluding carboxylic acids is 3. The van der Waals surface area contributed by atoms with Crippen LogP contribution in [-0.4, -0.2) is 53.2 Å². The van der Waals surface area contributed by atoms with Gasteiger partial charge >= 0.3 is 11.9 Å². The highest BCUT2D eigenvalue weighted by Crippen LogP contribution is 2.52. The molecule has 8 nitrogen and oxygen atoms in total. The lowest BCUT2D eigenvalue weighted by molar-refractivity contribution is -0.177. The van der Waals surface area contributed by atoms with Crippen LogP contribution < -0.4 is 11.5 Å². The Kier molecular flexibility index (Phi) is 6.33. The van der Waals surface area contributed by atoms with Crippen LogP contribution in [-0.2, 0) is 23.9 Å². The van der Waals surface area contributed by atoms with Crippen molar-refractivity contribution in [3.8, 4) is 0 Å². The average Bonchev–Trinajstić information content (AvgIpc) is 2.69. The number of hydrogen-bond acceptors (Lipinski definition) is 8. The van der Waals surface area contributed by atoms with Crippen LogP contribution in [0.5, 0.6) is 0 Å². The fourth-order valence-electron chi connectivity index (χ4n) is 5.63. The summed E-state index contributed by atoms with van der Waals surface area (Å²) in [5.74, 6) is -0.586. The van der Waals surface area contributed by atoms with Crippen LogP contribution in [0.15, 0.2) is 0 Å². The smallest absolute Gasteiger partial charge is 0.319 e. The number of esters is 2. The van der Waals surface area contributed by atoms with E-state index < -0.39 is 16.9 Å². The van der Waals surface area contributed by atoms with Crippen molar-refractivity contribution < 1.29 is 29.0 Å². The van der Waals surface area contributed by atoms with Crippen LogP contribution in [0.1, 0.15) is 78.1 Å². The number of rotatable bonds is 4. The first-order valence-electron chi connectivity index (χ1n) is 11.2. The maximum Gasteiger partial charge on any atom is 0.319 e. The molecule has 0 radical (unpaired) electrons.